The van der Waals surface area contributed by atoms with E-state index in [0.29, 0.717) is 39.1 Å². The Morgan fingerprint density at radius 1 is 0.938 bits per heavy atom. The van der Waals surface area contributed by atoms with Crippen LogP contribution in [0.3, 0.4) is 0 Å². The summed E-state index contributed by atoms with van der Waals surface area (Å²) in [7, 11) is 1.00. The summed E-state index contributed by atoms with van der Waals surface area (Å²) in [4.78, 5) is 39.4. The van der Waals surface area contributed by atoms with Gasteiger partial charge in [0.1, 0.15) is 6.29 Å². The highest BCUT2D eigenvalue weighted by Gasteiger charge is 2.27. The Labute approximate surface area is 191 Å². The number of carbonyl (C=O) groups excluding carboxylic acids is 1. The quantitative estimate of drug-likeness (QED) is 0.491. The molecule has 0 amide bonds. The molecular weight excluding hydrogens is 414 g/mol. The predicted octanol–water partition coefficient (Wildman–Crippen LogP) is 0.829. The number of carboxylic acids is 2. The molecule has 1 unspecified atom stereocenters. The van der Waals surface area contributed by atoms with Crippen LogP contribution in [0, 0.1) is 6.92 Å². The second kappa shape index (κ2) is 17.3. The lowest BCUT2D eigenvalue weighted by molar-refractivity contribution is -0.140. The molecule has 0 aromatic heterocycles. The molecular formula is C23H39N3O6. The van der Waals surface area contributed by atoms with Crippen molar-refractivity contribution < 1.29 is 29.7 Å². The number of rotatable bonds is 8. The number of hydrogen-bond donors (Lipinski definition) is 3. The number of aliphatic hydroxyl groups excluding tert-OH is 1. The second-order valence-corrected chi connectivity index (χ2v) is 7.30. The third kappa shape index (κ3) is 11.9. The molecule has 32 heavy (non-hydrogen) atoms. The van der Waals surface area contributed by atoms with E-state index in [1.807, 2.05) is 59.7 Å². The molecule has 1 saturated heterocycles. The van der Waals surface area contributed by atoms with E-state index < -0.39 is 11.9 Å². The van der Waals surface area contributed by atoms with Crippen LogP contribution in [0.25, 0.3) is 0 Å². The fourth-order valence-electron chi connectivity index (χ4n) is 3.55. The normalized spacial score (nSPS) is 18.0. The first-order valence-electron chi connectivity index (χ1n) is 10.9. The summed E-state index contributed by atoms with van der Waals surface area (Å²) in [5.41, 5.74) is 2.24. The lowest BCUT2D eigenvalue weighted by atomic mass is 10.0. The van der Waals surface area contributed by atoms with Gasteiger partial charge in [0, 0.05) is 45.9 Å². The van der Waals surface area contributed by atoms with Crippen LogP contribution in [0.15, 0.2) is 24.3 Å². The molecule has 1 aliphatic rings. The number of aryl methyl sites for hydroxylation is 1. The molecule has 1 aliphatic heterocycles. The summed E-state index contributed by atoms with van der Waals surface area (Å²) in [5, 5.41) is 25.6. The van der Waals surface area contributed by atoms with E-state index >= 15 is 0 Å². The first-order chi connectivity index (χ1) is 15.4. The molecule has 3 N–H and O–H groups in total. The zero-order valence-corrected chi connectivity index (χ0v) is 19.7. The topological polar surface area (TPSA) is 122 Å². The number of benzene rings is 1. The van der Waals surface area contributed by atoms with Gasteiger partial charge in [-0.2, -0.15) is 0 Å². The summed E-state index contributed by atoms with van der Waals surface area (Å²) in [5.74, 6) is -1.83. The molecule has 1 heterocycles. The van der Waals surface area contributed by atoms with Crippen molar-refractivity contribution in [3.05, 3.63) is 35.4 Å². The Morgan fingerprint density at radius 3 is 2.00 bits per heavy atom. The first kappa shape index (κ1) is 29.7. The van der Waals surface area contributed by atoms with Crippen LogP contribution < -0.4 is 0 Å². The number of nitrogens with zero attached hydrogens (tertiary/aromatic N) is 3. The van der Waals surface area contributed by atoms with Crippen LogP contribution in [0.2, 0.25) is 0 Å². The van der Waals surface area contributed by atoms with E-state index in [2.05, 4.69) is 0 Å². The molecule has 9 heteroatoms. The minimum Gasteiger partial charge on any atom is -0.480 e. The first-order valence-corrected chi connectivity index (χ1v) is 10.9. The molecule has 1 aromatic carbocycles. The number of hydrogen-bond acceptors (Lipinski definition) is 7. The van der Waals surface area contributed by atoms with Crippen molar-refractivity contribution in [3.63, 3.8) is 0 Å². The number of carboxylic acid groups (broad SMARTS) is 2. The van der Waals surface area contributed by atoms with Crippen molar-refractivity contribution >= 4 is 18.2 Å². The molecule has 0 aliphatic carbocycles. The monoisotopic (exact) mass is 453 g/mol. The second-order valence-electron chi connectivity index (χ2n) is 7.30. The summed E-state index contributed by atoms with van der Waals surface area (Å²) in [6.45, 7) is 8.67. The third-order valence-electron chi connectivity index (χ3n) is 5.04. The average molecular weight is 454 g/mol. The fourth-order valence-corrected chi connectivity index (χ4v) is 3.55. The predicted molar refractivity (Wildman–Crippen MR) is 124 cm³/mol. The van der Waals surface area contributed by atoms with Crippen LogP contribution in [-0.4, -0.2) is 114 Å². The minimum absolute atomic E-state index is 0.111. The molecule has 9 nitrogen and oxygen atoms in total. The van der Waals surface area contributed by atoms with Gasteiger partial charge in [-0.05, 0) is 18.9 Å². The fraction of sp³-hybridized carbons (Fsp3) is 0.609. The Hall–Kier alpha value is -2.33. The van der Waals surface area contributed by atoms with Crippen LogP contribution in [0.5, 0.6) is 0 Å². The molecule has 0 radical (unpaired) electrons. The molecule has 1 atom stereocenters. The van der Waals surface area contributed by atoms with Crippen molar-refractivity contribution in [1.82, 2.24) is 14.7 Å². The van der Waals surface area contributed by atoms with Gasteiger partial charge < -0.3 is 20.1 Å². The van der Waals surface area contributed by atoms with Gasteiger partial charge in [-0.25, -0.2) is 0 Å². The highest BCUT2D eigenvalue weighted by molar-refractivity contribution is 5.69. The van der Waals surface area contributed by atoms with E-state index in [1.54, 1.807) is 0 Å². The Bertz CT molecular complexity index is 668. The van der Waals surface area contributed by atoms with Crippen molar-refractivity contribution in [2.75, 3.05) is 59.5 Å². The van der Waals surface area contributed by atoms with Gasteiger partial charge >= 0.3 is 11.9 Å². The minimum atomic E-state index is -0.917. The molecule has 1 aromatic rings. The van der Waals surface area contributed by atoms with Gasteiger partial charge in [-0.1, -0.05) is 43.7 Å². The smallest absolute Gasteiger partial charge is 0.317 e. The maximum absolute atomic E-state index is 11.4. The van der Waals surface area contributed by atoms with E-state index in [1.165, 1.54) is 0 Å². The van der Waals surface area contributed by atoms with Crippen LogP contribution >= 0.6 is 0 Å². The highest BCUT2D eigenvalue weighted by atomic mass is 16.4. The Kier molecular flexibility index (Phi) is 16.0. The number of aliphatic carboxylic acids is 2. The Balaban J connectivity index is 0.00000227. The van der Waals surface area contributed by atoms with Crippen molar-refractivity contribution in [1.29, 1.82) is 0 Å². The lowest BCUT2D eigenvalue weighted by Crippen LogP contribution is -2.48. The van der Waals surface area contributed by atoms with E-state index in [9.17, 15) is 24.6 Å². The molecule has 2 rings (SSSR count). The largest absolute Gasteiger partial charge is 0.480 e. The van der Waals surface area contributed by atoms with Gasteiger partial charge in [0.15, 0.2) is 0 Å². The average Bonchev–Trinajstić information content (AvgIpc) is 2.83. The van der Waals surface area contributed by atoms with Crippen molar-refractivity contribution in [2.45, 2.75) is 33.2 Å². The number of aliphatic hydroxyl groups is 1. The van der Waals surface area contributed by atoms with E-state index in [-0.39, 0.29) is 25.7 Å². The van der Waals surface area contributed by atoms with Crippen molar-refractivity contribution in [2.24, 2.45) is 0 Å². The number of carbonyl (C=O) groups is 3. The molecule has 182 valence electrons. The van der Waals surface area contributed by atoms with Gasteiger partial charge in [-0.3, -0.25) is 24.3 Å². The molecule has 1 fully saturated rings. The lowest BCUT2D eigenvalue weighted by Gasteiger charge is -2.33. The zero-order chi connectivity index (χ0) is 24.5. The highest BCUT2D eigenvalue weighted by Crippen LogP contribution is 2.14. The van der Waals surface area contributed by atoms with Crippen LogP contribution in [-0.2, 0) is 20.8 Å². The summed E-state index contributed by atoms with van der Waals surface area (Å²) >= 11 is 0. The van der Waals surface area contributed by atoms with E-state index in [0.717, 1.165) is 24.5 Å². The summed E-state index contributed by atoms with van der Waals surface area (Å²) in [6.07, 6.45) is 1.46. The Morgan fingerprint density at radius 2 is 1.47 bits per heavy atom. The maximum atomic E-state index is 11.4. The summed E-state index contributed by atoms with van der Waals surface area (Å²) in [6, 6.07) is 7.97. The molecule has 0 spiro atoms. The zero-order valence-electron chi connectivity index (χ0n) is 19.7. The number of aldehydes is 1. The van der Waals surface area contributed by atoms with E-state index in [4.69, 9.17) is 5.11 Å². The van der Waals surface area contributed by atoms with Gasteiger partial charge in [0.25, 0.3) is 0 Å². The van der Waals surface area contributed by atoms with Gasteiger partial charge in [0.2, 0.25) is 0 Å². The molecule has 0 saturated carbocycles. The summed E-state index contributed by atoms with van der Waals surface area (Å²) < 4.78 is 0. The van der Waals surface area contributed by atoms with Gasteiger partial charge in [-0.15, -0.1) is 0 Å². The van der Waals surface area contributed by atoms with Crippen LogP contribution in [0.1, 0.15) is 25.0 Å². The third-order valence-corrected chi connectivity index (χ3v) is 5.04. The molecule has 0 bridgehead atoms. The van der Waals surface area contributed by atoms with Gasteiger partial charge in [0.05, 0.1) is 19.6 Å². The maximum Gasteiger partial charge on any atom is 0.317 e. The standard InChI is InChI=1S/C20H29N3O5.C2H6.CH4O/c1-16-2-4-17(5-3-16)12-18-13-22(14-19(25)26)7-6-21(10-11-24)8-9-23(18)15-20(27)28;2*1-2/h2-5,11,18H,6-10,12-15H2,1H3,(H,25,26)(H,27,28);1-2H3;2H,1H3. The van der Waals surface area contributed by atoms with Crippen molar-refractivity contribution in [3.8, 4) is 0 Å². The van der Waals surface area contributed by atoms with Crippen LogP contribution in [0.4, 0.5) is 0 Å². The SMILES string of the molecule is CC.CO.Cc1ccc(CC2CN(CC(=O)O)CCN(CC=O)CCN2CC(=O)O)cc1.